The number of aliphatic hydroxyl groups is 1. The molecule has 1 fully saturated rings. The number of hydrogen-bond donors (Lipinski definition) is 2. The molecule has 0 aliphatic carbocycles. The number of aliphatic hydroxyl groups excluding tert-OH is 1. The molecule has 0 bridgehead atoms. The summed E-state index contributed by atoms with van der Waals surface area (Å²) in [6.07, 6.45) is -0.0478. The molecular formula is C7H12O5. The molecule has 2 atom stereocenters. The van der Waals surface area contributed by atoms with Crippen molar-refractivity contribution in [3.8, 4) is 0 Å². The molecule has 0 saturated carbocycles. The summed E-state index contributed by atoms with van der Waals surface area (Å²) < 4.78 is 9.60. The van der Waals surface area contributed by atoms with Gasteiger partial charge in [-0.15, -0.1) is 0 Å². The van der Waals surface area contributed by atoms with Gasteiger partial charge in [-0.3, -0.25) is 0 Å². The van der Waals surface area contributed by atoms with E-state index in [-0.39, 0.29) is 0 Å². The van der Waals surface area contributed by atoms with E-state index in [1.165, 1.54) is 7.11 Å². The monoisotopic (exact) mass is 176 g/mol. The van der Waals surface area contributed by atoms with Crippen LogP contribution in [0.2, 0.25) is 0 Å². The molecule has 5 nitrogen and oxygen atoms in total. The molecular weight excluding hydrogens is 164 g/mol. The van der Waals surface area contributed by atoms with Crippen LogP contribution in [0.5, 0.6) is 0 Å². The number of ether oxygens (including phenoxy) is 2. The van der Waals surface area contributed by atoms with Crippen LogP contribution < -0.4 is 0 Å². The zero-order chi connectivity index (χ0) is 9.19. The van der Waals surface area contributed by atoms with Crippen LogP contribution in [0.25, 0.3) is 0 Å². The van der Waals surface area contributed by atoms with Crippen LogP contribution in [-0.2, 0) is 14.3 Å². The Morgan fingerprint density at radius 1 is 1.75 bits per heavy atom. The smallest absolute Gasteiger partial charge is 0.367 e. The predicted molar refractivity (Wildman–Crippen MR) is 38.6 cm³/mol. The number of carboxylic acids is 1. The van der Waals surface area contributed by atoms with E-state index in [0.29, 0.717) is 19.4 Å². The average Bonchev–Trinajstić information content (AvgIpc) is 2.05. The van der Waals surface area contributed by atoms with Crippen molar-refractivity contribution in [2.45, 2.75) is 24.7 Å². The van der Waals surface area contributed by atoms with Gasteiger partial charge in [0.1, 0.15) is 6.10 Å². The van der Waals surface area contributed by atoms with Gasteiger partial charge in [0.2, 0.25) is 0 Å². The molecule has 1 rings (SSSR count). The van der Waals surface area contributed by atoms with Crippen molar-refractivity contribution < 1.29 is 24.5 Å². The highest BCUT2D eigenvalue weighted by molar-refractivity contribution is 5.76. The molecule has 1 heterocycles. The van der Waals surface area contributed by atoms with E-state index < -0.39 is 17.9 Å². The Bertz CT molecular complexity index is 181. The molecule has 0 aromatic carbocycles. The first-order chi connectivity index (χ1) is 5.63. The molecule has 1 saturated heterocycles. The Hall–Kier alpha value is -0.650. The fourth-order valence-electron chi connectivity index (χ4n) is 1.27. The summed E-state index contributed by atoms with van der Waals surface area (Å²) in [7, 11) is 1.21. The molecule has 12 heavy (non-hydrogen) atoms. The third kappa shape index (κ3) is 1.31. The van der Waals surface area contributed by atoms with E-state index >= 15 is 0 Å². The number of carbonyl (C=O) groups is 1. The van der Waals surface area contributed by atoms with Gasteiger partial charge in [-0.25, -0.2) is 4.79 Å². The summed E-state index contributed by atoms with van der Waals surface area (Å²) in [4.78, 5) is 10.7. The van der Waals surface area contributed by atoms with Gasteiger partial charge in [-0.1, -0.05) is 0 Å². The summed E-state index contributed by atoms with van der Waals surface area (Å²) >= 11 is 0. The first-order valence-corrected chi connectivity index (χ1v) is 3.74. The van der Waals surface area contributed by atoms with Crippen LogP contribution in [0.3, 0.4) is 0 Å². The fraction of sp³-hybridized carbons (Fsp3) is 0.857. The minimum Gasteiger partial charge on any atom is -0.477 e. The molecule has 1 aliphatic heterocycles. The quantitative estimate of drug-likeness (QED) is 0.598. The SMILES string of the molecule is COC1(C(=O)O)OCCCC1O. The number of hydrogen-bond acceptors (Lipinski definition) is 4. The van der Waals surface area contributed by atoms with Crippen molar-refractivity contribution in [2.75, 3.05) is 13.7 Å². The fourth-order valence-corrected chi connectivity index (χ4v) is 1.27. The molecule has 2 N–H and O–H groups in total. The Morgan fingerprint density at radius 3 is 2.75 bits per heavy atom. The van der Waals surface area contributed by atoms with Crippen LogP contribution >= 0.6 is 0 Å². The van der Waals surface area contributed by atoms with Gasteiger partial charge in [0.05, 0.1) is 6.61 Å². The summed E-state index contributed by atoms with van der Waals surface area (Å²) in [6.45, 7) is 0.303. The van der Waals surface area contributed by atoms with E-state index in [4.69, 9.17) is 9.84 Å². The second-order valence-electron chi connectivity index (χ2n) is 2.68. The normalized spacial score (nSPS) is 36.3. The van der Waals surface area contributed by atoms with Crippen LogP contribution in [0, 0.1) is 0 Å². The lowest BCUT2D eigenvalue weighted by atomic mass is 10.0. The summed E-state index contributed by atoms with van der Waals surface area (Å²) in [5.41, 5.74) is 0. The molecule has 0 radical (unpaired) electrons. The zero-order valence-corrected chi connectivity index (χ0v) is 6.82. The minimum atomic E-state index is -1.85. The Balaban J connectivity index is 2.81. The van der Waals surface area contributed by atoms with Gasteiger partial charge in [0, 0.05) is 7.11 Å². The van der Waals surface area contributed by atoms with Crippen molar-refractivity contribution in [3.05, 3.63) is 0 Å². The van der Waals surface area contributed by atoms with E-state index in [0.717, 1.165) is 0 Å². The maximum absolute atomic E-state index is 10.7. The lowest BCUT2D eigenvalue weighted by Crippen LogP contribution is -2.55. The molecule has 5 heteroatoms. The molecule has 0 aromatic rings. The molecule has 0 aromatic heterocycles. The van der Waals surface area contributed by atoms with E-state index in [9.17, 15) is 9.90 Å². The lowest BCUT2D eigenvalue weighted by Gasteiger charge is -2.35. The molecule has 1 aliphatic rings. The second-order valence-corrected chi connectivity index (χ2v) is 2.68. The van der Waals surface area contributed by atoms with Crippen molar-refractivity contribution in [1.82, 2.24) is 0 Å². The highest BCUT2D eigenvalue weighted by Crippen LogP contribution is 2.26. The van der Waals surface area contributed by atoms with Crippen LogP contribution in [0.1, 0.15) is 12.8 Å². The van der Waals surface area contributed by atoms with Crippen LogP contribution in [0.15, 0.2) is 0 Å². The van der Waals surface area contributed by atoms with Crippen molar-refractivity contribution >= 4 is 5.97 Å². The average molecular weight is 176 g/mol. The van der Waals surface area contributed by atoms with Crippen molar-refractivity contribution in [3.63, 3.8) is 0 Å². The predicted octanol–water partition coefficient (Wildman–Crippen LogP) is -0.415. The van der Waals surface area contributed by atoms with Crippen molar-refractivity contribution in [2.24, 2.45) is 0 Å². The van der Waals surface area contributed by atoms with Gasteiger partial charge in [0.15, 0.2) is 0 Å². The molecule has 2 unspecified atom stereocenters. The third-order valence-corrected chi connectivity index (χ3v) is 1.98. The van der Waals surface area contributed by atoms with Gasteiger partial charge < -0.3 is 19.7 Å². The topological polar surface area (TPSA) is 76.0 Å². The van der Waals surface area contributed by atoms with Gasteiger partial charge >= 0.3 is 5.97 Å². The molecule has 70 valence electrons. The van der Waals surface area contributed by atoms with E-state index in [2.05, 4.69) is 4.74 Å². The highest BCUT2D eigenvalue weighted by Gasteiger charge is 2.49. The highest BCUT2D eigenvalue weighted by atomic mass is 16.7. The van der Waals surface area contributed by atoms with Crippen molar-refractivity contribution in [1.29, 1.82) is 0 Å². The van der Waals surface area contributed by atoms with Gasteiger partial charge in [0.25, 0.3) is 5.79 Å². The Labute approximate surface area is 69.9 Å². The number of aliphatic carboxylic acids is 1. The van der Waals surface area contributed by atoms with Crippen LogP contribution in [-0.4, -0.2) is 41.8 Å². The number of methoxy groups -OCH3 is 1. The third-order valence-electron chi connectivity index (χ3n) is 1.98. The molecule has 0 amide bonds. The maximum atomic E-state index is 10.7. The first-order valence-electron chi connectivity index (χ1n) is 3.74. The summed E-state index contributed by atoms with van der Waals surface area (Å²) in [5.74, 6) is -3.13. The molecule has 0 spiro atoms. The lowest BCUT2D eigenvalue weighted by molar-refractivity contribution is -0.283. The van der Waals surface area contributed by atoms with E-state index in [1.54, 1.807) is 0 Å². The van der Waals surface area contributed by atoms with Crippen LogP contribution in [0.4, 0.5) is 0 Å². The van der Waals surface area contributed by atoms with Gasteiger partial charge in [-0.2, -0.15) is 0 Å². The second kappa shape index (κ2) is 3.38. The zero-order valence-electron chi connectivity index (χ0n) is 6.82. The van der Waals surface area contributed by atoms with Gasteiger partial charge in [-0.05, 0) is 12.8 Å². The minimum absolute atomic E-state index is 0.303. The van der Waals surface area contributed by atoms with E-state index in [1.807, 2.05) is 0 Å². The number of carboxylic acid groups (broad SMARTS) is 1. The Kier molecular flexibility index (Phi) is 2.66. The standard InChI is InChI=1S/C7H12O5/c1-11-7(6(9)10)5(8)3-2-4-12-7/h5,8H,2-4H2,1H3,(H,9,10). The summed E-state index contributed by atoms with van der Waals surface area (Å²) in [5, 5.41) is 18.1. The largest absolute Gasteiger partial charge is 0.477 e. The summed E-state index contributed by atoms with van der Waals surface area (Å²) in [6, 6.07) is 0. The Morgan fingerprint density at radius 2 is 2.42 bits per heavy atom. The first kappa shape index (κ1) is 9.44. The maximum Gasteiger partial charge on any atom is 0.367 e. The number of rotatable bonds is 2.